The average Bonchev–Trinajstić information content (AvgIpc) is 3.12. The minimum absolute atomic E-state index is 0.250. The number of aromatic nitrogens is 1. The van der Waals surface area contributed by atoms with Crippen molar-refractivity contribution < 1.29 is 24.2 Å². The Kier molecular flexibility index (Phi) is 11.0. The lowest BCUT2D eigenvalue weighted by atomic mass is 10.1. The fourth-order valence-corrected chi connectivity index (χ4v) is 3.45. The maximum atomic E-state index is 11.0. The monoisotopic (exact) mass is 470 g/mol. The van der Waals surface area contributed by atoms with Crippen molar-refractivity contribution >= 4 is 29.1 Å². The summed E-state index contributed by atoms with van der Waals surface area (Å²) in [7, 11) is 3.98. The highest BCUT2D eigenvalue weighted by Crippen LogP contribution is 2.31. The van der Waals surface area contributed by atoms with Gasteiger partial charge < -0.3 is 14.7 Å². The number of aryl methyl sites for hydroxylation is 5. The number of aromatic carboxylic acids is 1. The summed E-state index contributed by atoms with van der Waals surface area (Å²) in [5.74, 6) is -0.0792. The van der Waals surface area contributed by atoms with Crippen molar-refractivity contribution in [2.75, 3.05) is 19.0 Å². The van der Waals surface area contributed by atoms with Gasteiger partial charge in [-0.05, 0) is 81.1 Å². The summed E-state index contributed by atoms with van der Waals surface area (Å²) in [5.41, 5.74) is 6.77. The first kappa shape index (κ1) is 27.6. The van der Waals surface area contributed by atoms with Crippen molar-refractivity contribution in [3.63, 3.8) is 0 Å². The topological polar surface area (TPSA) is 96.8 Å². The molecule has 0 aliphatic rings. The Bertz CT molecular complexity index is 1100. The molecule has 0 spiro atoms. The molecule has 0 saturated carbocycles. The van der Waals surface area contributed by atoms with E-state index in [1.807, 2.05) is 51.9 Å². The predicted molar refractivity (Wildman–Crippen MR) is 129 cm³/mol. The fraction of sp³-hybridized carbons (Fsp3) is 0.320. The Morgan fingerprint density at radius 3 is 2.06 bits per heavy atom. The van der Waals surface area contributed by atoms with E-state index in [-0.39, 0.29) is 6.15 Å². The van der Waals surface area contributed by atoms with Crippen molar-refractivity contribution in [2.24, 2.45) is 0 Å². The number of carboxylic acid groups (broad SMARTS) is 1. The van der Waals surface area contributed by atoms with E-state index in [0.29, 0.717) is 12.2 Å². The summed E-state index contributed by atoms with van der Waals surface area (Å²) < 4.78 is 6.01. The number of carbonyl (C=O) groups excluding carboxylic acids is 2. The van der Waals surface area contributed by atoms with Crippen LogP contribution in [-0.4, -0.2) is 36.3 Å². The molecule has 3 rings (SSSR count). The molecule has 1 N–H and O–H groups in total. The molecule has 0 radical (unpaired) electrons. The highest BCUT2D eigenvalue weighted by atomic mass is 32.1. The lowest BCUT2D eigenvalue weighted by Crippen LogP contribution is -2.12. The molecule has 3 aromatic rings. The third kappa shape index (κ3) is 8.88. The summed E-state index contributed by atoms with van der Waals surface area (Å²) >= 11 is 1.69. The highest BCUT2D eigenvalue weighted by molar-refractivity contribution is 7.09. The van der Waals surface area contributed by atoms with E-state index in [1.165, 1.54) is 11.1 Å². The van der Waals surface area contributed by atoms with Gasteiger partial charge in [-0.15, -0.1) is 11.3 Å². The molecule has 1 aromatic heterocycles. The molecule has 0 unspecified atom stereocenters. The molecule has 2 aromatic carbocycles. The van der Waals surface area contributed by atoms with Crippen LogP contribution in [0.25, 0.3) is 0 Å². The quantitative estimate of drug-likeness (QED) is 0.552. The number of hydrogen-bond donors (Lipinski definition) is 1. The van der Waals surface area contributed by atoms with Crippen LogP contribution in [0.2, 0.25) is 0 Å². The van der Waals surface area contributed by atoms with Gasteiger partial charge in [-0.25, -0.2) is 9.78 Å². The number of carboxylic acids is 1. The molecule has 8 heteroatoms. The van der Waals surface area contributed by atoms with Crippen LogP contribution < -0.4 is 9.64 Å². The molecule has 0 atom stereocenters. The Morgan fingerprint density at radius 1 is 1.03 bits per heavy atom. The molecule has 0 amide bonds. The molecule has 0 saturated heterocycles. The Labute approximate surface area is 198 Å². The summed E-state index contributed by atoms with van der Waals surface area (Å²) in [6.45, 7) is 10.5. The maximum Gasteiger partial charge on any atom is 0.373 e. The van der Waals surface area contributed by atoms with Crippen molar-refractivity contribution in [1.82, 2.24) is 4.98 Å². The molecule has 0 bridgehead atoms. The van der Waals surface area contributed by atoms with Gasteiger partial charge in [-0.2, -0.15) is 9.59 Å². The number of thiazole rings is 1. The number of benzene rings is 2. The first-order valence-corrected chi connectivity index (χ1v) is 11.0. The number of carbonyl (C=O) groups is 1. The van der Waals surface area contributed by atoms with Crippen molar-refractivity contribution in [1.29, 1.82) is 0 Å². The standard InChI is InChI=1S/C19H23NO3.C5H7NS.CO2/c1-12-9-17(20(4)5)18(10-13(12)2)23-11-16-7-6-15(19(21)22)8-14(16)3;1-4-3-7-5(2)6-4;2-1-3/h6-10H,11H2,1-5H3,(H,21,22);3H,1-2H3;. The van der Waals surface area contributed by atoms with Gasteiger partial charge in [0.25, 0.3) is 0 Å². The summed E-state index contributed by atoms with van der Waals surface area (Å²) in [4.78, 5) is 33.4. The van der Waals surface area contributed by atoms with E-state index >= 15 is 0 Å². The van der Waals surface area contributed by atoms with Crippen LogP contribution in [0.1, 0.15) is 43.3 Å². The van der Waals surface area contributed by atoms with E-state index < -0.39 is 5.97 Å². The van der Waals surface area contributed by atoms with Crippen LogP contribution in [0.4, 0.5) is 5.69 Å². The van der Waals surface area contributed by atoms with E-state index in [1.54, 1.807) is 23.5 Å². The van der Waals surface area contributed by atoms with Gasteiger partial charge in [0, 0.05) is 25.2 Å². The minimum Gasteiger partial charge on any atom is -0.487 e. The predicted octanol–water partition coefficient (Wildman–Crippen LogP) is 5.13. The second-order valence-corrected chi connectivity index (χ2v) is 8.69. The molecule has 0 aliphatic carbocycles. The minimum atomic E-state index is -0.912. The van der Waals surface area contributed by atoms with E-state index in [0.717, 1.165) is 33.3 Å². The lowest BCUT2D eigenvalue weighted by Gasteiger charge is -2.20. The molecule has 1 heterocycles. The van der Waals surface area contributed by atoms with Crippen molar-refractivity contribution in [2.45, 2.75) is 41.2 Å². The first-order valence-electron chi connectivity index (χ1n) is 10.1. The first-order chi connectivity index (χ1) is 15.5. The fourth-order valence-electron chi connectivity index (χ4n) is 2.86. The van der Waals surface area contributed by atoms with Crippen LogP contribution in [0, 0.1) is 34.6 Å². The van der Waals surface area contributed by atoms with E-state index in [4.69, 9.17) is 19.4 Å². The average molecular weight is 471 g/mol. The number of rotatable bonds is 5. The SMILES string of the molecule is Cc1cc(OCc2ccc(C(=O)O)cc2C)c(N(C)C)cc1C.Cc1csc(C)n1.O=C=O. The zero-order valence-corrected chi connectivity index (χ0v) is 20.9. The van der Waals surface area contributed by atoms with Crippen molar-refractivity contribution in [3.8, 4) is 5.75 Å². The summed E-state index contributed by atoms with van der Waals surface area (Å²) in [6.07, 6.45) is 0.250. The lowest BCUT2D eigenvalue weighted by molar-refractivity contribution is -0.191. The number of hydrogen-bond acceptors (Lipinski definition) is 7. The summed E-state index contributed by atoms with van der Waals surface area (Å²) in [6, 6.07) is 9.27. The number of ether oxygens (including phenoxy) is 1. The largest absolute Gasteiger partial charge is 0.487 e. The van der Waals surface area contributed by atoms with Crippen LogP contribution in [0.15, 0.2) is 35.7 Å². The molecular weight excluding hydrogens is 440 g/mol. The van der Waals surface area contributed by atoms with Crippen LogP contribution in [-0.2, 0) is 16.2 Å². The second-order valence-electron chi connectivity index (χ2n) is 7.62. The van der Waals surface area contributed by atoms with Gasteiger partial charge in [0.15, 0.2) is 0 Å². The third-order valence-corrected chi connectivity index (χ3v) is 5.66. The highest BCUT2D eigenvalue weighted by Gasteiger charge is 2.11. The van der Waals surface area contributed by atoms with E-state index in [9.17, 15) is 4.79 Å². The normalized spacial score (nSPS) is 9.55. The molecule has 7 nitrogen and oxygen atoms in total. The van der Waals surface area contributed by atoms with Gasteiger partial charge in [0.2, 0.25) is 0 Å². The van der Waals surface area contributed by atoms with Crippen molar-refractivity contribution in [3.05, 3.63) is 74.2 Å². The number of anilines is 1. The van der Waals surface area contributed by atoms with Gasteiger partial charge in [-0.1, -0.05) is 6.07 Å². The Morgan fingerprint density at radius 2 is 1.64 bits per heavy atom. The van der Waals surface area contributed by atoms with Crippen LogP contribution in [0.3, 0.4) is 0 Å². The van der Waals surface area contributed by atoms with Gasteiger partial charge >= 0.3 is 12.1 Å². The molecule has 0 aliphatic heterocycles. The Balaban J connectivity index is 0.000000451. The molecular formula is C25H30N2O5S. The summed E-state index contributed by atoms with van der Waals surface area (Å²) in [5, 5.41) is 12.2. The zero-order chi connectivity index (χ0) is 25.1. The smallest absolute Gasteiger partial charge is 0.373 e. The molecule has 0 fully saturated rings. The molecule has 176 valence electrons. The Hall–Kier alpha value is -3.48. The van der Waals surface area contributed by atoms with Crippen LogP contribution in [0.5, 0.6) is 5.75 Å². The molecule has 33 heavy (non-hydrogen) atoms. The van der Waals surface area contributed by atoms with Gasteiger partial charge in [-0.3, -0.25) is 0 Å². The van der Waals surface area contributed by atoms with Gasteiger partial charge in [0.1, 0.15) is 12.4 Å². The zero-order valence-electron chi connectivity index (χ0n) is 20.1. The van der Waals surface area contributed by atoms with Crippen LogP contribution >= 0.6 is 11.3 Å². The second kappa shape index (κ2) is 13.2. The maximum absolute atomic E-state index is 11.0. The third-order valence-electron chi connectivity index (χ3n) is 4.76. The number of nitrogens with zero attached hydrogens (tertiary/aromatic N) is 2. The van der Waals surface area contributed by atoms with Gasteiger partial charge in [0.05, 0.1) is 16.3 Å². The van der Waals surface area contributed by atoms with E-state index in [2.05, 4.69) is 30.3 Å².